The largest absolute Gasteiger partial charge is 0.261 e. The van der Waals surface area contributed by atoms with Crippen LogP contribution in [0.1, 0.15) is 44.7 Å². The minimum Gasteiger partial charge on any atom is -0.261 e. The van der Waals surface area contributed by atoms with Crippen LogP contribution in [-0.4, -0.2) is 4.98 Å². The quantitative estimate of drug-likeness (QED) is 0.657. The number of hydrogen-bond donors (Lipinski definition) is 0. The van der Waals surface area contributed by atoms with Crippen molar-refractivity contribution < 1.29 is 0 Å². The molecule has 0 saturated heterocycles. The molecule has 76 valence electrons. The van der Waals surface area contributed by atoms with Crippen LogP contribution in [0.4, 0.5) is 0 Å². The Balaban J connectivity index is 2.16. The van der Waals surface area contributed by atoms with Crippen LogP contribution in [0.2, 0.25) is 0 Å². The summed E-state index contributed by atoms with van der Waals surface area (Å²) in [6, 6.07) is 6.29. The molecule has 3 unspecified atom stereocenters. The van der Waals surface area contributed by atoms with Gasteiger partial charge in [-0.25, -0.2) is 0 Å². The van der Waals surface area contributed by atoms with Crippen molar-refractivity contribution in [2.24, 2.45) is 11.8 Å². The van der Waals surface area contributed by atoms with Gasteiger partial charge in [0.1, 0.15) is 0 Å². The molecular weight excluding hydrogens is 170 g/mol. The second-order valence-corrected chi connectivity index (χ2v) is 4.76. The molecule has 1 fully saturated rings. The molecule has 2 rings (SSSR count). The van der Waals surface area contributed by atoms with E-state index in [9.17, 15) is 0 Å². The molecule has 1 heterocycles. The van der Waals surface area contributed by atoms with Crippen molar-refractivity contribution in [1.29, 1.82) is 0 Å². The van der Waals surface area contributed by atoms with Crippen LogP contribution in [0.15, 0.2) is 24.4 Å². The van der Waals surface area contributed by atoms with E-state index >= 15 is 0 Å². The average molecular weight is 189 g/mol. The van der Waals surface area contributed by atoms with E-state index in [1.807, 2.05) is 12.3 Å². The first-order valence-electron chi connectivity index (χ1n) is 5.68. The summed E-state index contributed by atoms with van der Waals surface area (Å²) in [4.78, 5) is 4.49. The van der Waals surface area contributed by atoms with Crippen molar-refractivity contribution in [3.63, 3.8) is 0 Å². The van der Waals surface area contributed by atoms with Gasteiger partial charge in [0.15, 0.2) is 0 Å². The first kappa shape index (κ1) is 9.70. The molecule has 3 atom stereocenters. The zero-order valence-corrected chi connectivity index (χ0v) is 9.11. The second kappa shape index (κ2) is 4.12. The van der Waals surface area contributed by atoms with Crippen molar-refractivity contribution >= 4 is 0 Å². The van der Waals surface area contributed by atoms with E-state index < -0.39 is 0 Å². The summed E-state index contributed by atoms with van der Waals surface area (Å²) in [5.74, 6) is 2.37. The summed E-state index contributed by atoms with van der Waals surface area (Å²) in [5, 5.41) is 0. The van der Waals surface area contributed by atoms with Gasteiger partial charge in [-0.1, -0.05) is 26.3 Å². The molecule has 1 aromatic rings. The van der Waals surface area contributed by atoms with Gasteiger partial charge in [-0.2, -0.15) is 0 Å². The Hall–Kier alpha value is -0.850. The molecule has 0 aromatic carbocycles. The van der Waals surface area contributed by atoms with Crippen LogP contribution in [0.5, 0.6) is 0 Å². The Bertz CT molecular complexity index is 281. The molecule has 0 N–H and O–H groups in total. The molecule has 0 aliphatic heterocycles. The van der Waals surface area contributed by atoms with E-state index in [-0.39, 0.29) is 0 Å². The zero-order valence-electron chi connectivity index (χ0n) is 9.11. The van der Waals surface area contributed by atoms with Gasteiger partial charge in [0, 0.05) is 17.8 Å². The molecule has 1 aliphatic carbocycles. The van der Waals surface area contributed by atoms with Crippen molar-refractivity contribution in [2.75, 3.05) is 0 Å². The van der Waals surface area contributed by atoms with Crippen LogP contribution < -0.4 is 0 Å². The summed E-state index contributed by atoms with van der Waals surface area (Å²) >= 11 is 0. The lowest BCUT2D eigenvalue weighted by atomic mass is 9.74. The minimum atomic E-state index is 0.694. The standard InChI is InChI=1S/C13H19N/c1-10-6-7-11(2)12(9-10)13-5-3-4-8-14-13/h3-5,8,10-12H,6-7,9H2,1-2H3. The van der Waals surface area contributed by atoms with E-state index in [4.69, 9.17) is 0 Å². The third-order valence-corrected chi connectivity index (χ3v) is 3.53. The molecule has 1 heteroatoms. The number of pyridine rings is 1. The van der Waals surface area contributed by atoms with Gasteiger partial charge < -0.3 is 0 Å². The minimum absolute atomic E-state index is 0.694. The van der Waals surface area contributed by atoms with Crippen LogP contribution in [-0.2, 0) is 0 Å². The summed E-state index contributed by atoms with van der Waals surface area (Å²) in [7, 11) is 0. The lowest BCUT2D eigenvalue weighted by Crippen LogP contribution is -2.20. The monoisotopic (exact) mass is 189 g/mol. The molecule has 0 radical (unpaired) electrons. The predicted molar refractivity (Wildman–Crippen MR) is 59.2 cm³/mol. The van der Waals surface area contributed by atoms with Crippen molar-refractivity contribution in [2.45, 2.75) is 39.0 Å². The maximum atomic E-state index is 4.49. The molecule has 1 aliphatic rings. The highest BCUT2D eigenvalue weighted by molar-refractivity contribution is 5.11. The van der Waals surface area contributed by atoms with Gasteiger partial charge in [0.25, 0.3) is 0 Å². The Labute approximate surface area is 86.6 Å². The van der Waals surface area contributed by atoms with Crippen molar-refractivity contribution in [3.8, 4) is 0 Å². The average Bonchev–Trinajstić information content (AvgIpc) is 2.23. The molecule has 0 bridgehead atoms. The molecule has 0 spiro atoms. The molecule has 0 amide bonds. The fourth-order valence-corrected chi connectivity index (χ4v) is 2.54. The van der Waals surface area contributed by atoms with E-state index in [1.54, 1.807) is 0 Å². The maximum Gasteiger partial charge on any atom is 0.0437 e. The van der Waals surface area contributed by atoms with Gasteiger partial charge >= 0.3 is 0 Å². The predicted octanol–water partition coefficient (Wildman–Crippen LogP) is 3.62. The fourth-order valence-electron chi connectivity index (χ4n) is 2.54. The number of hydrogen-bond acceptors (Lipinski definition) is 1. The van der Waals surface area contributed by atoms with Gasteiger partial charge in [-0.3, -0.25) is 4.98 Å². The summed E-state index contributed by atoms with van der Waals surface area (Å²) in [6.45, 7) is 4.73. The lowest BCUT2D eigenvalue weighted by molar-refractivity contribution is 0.261. The highest BCUT2D eigenvalue weighted by Crippen LogP contribution is 2.39. The summed E-state index contributed by atoms with van der Waals surface area (Å²) in [5.41, 5.74) is 1.30. The topological polar surface area (TPSA) is 12.9 Å². The molecule has 14 heavy (non-hydrogen) atoms. The Morgan fingerprint density at radius 3 is 2.79 bits per heavy atom. The smallest absolute Gasteiger partial charge is 0.0437 e. The molecular formula is C13H19N. The Morgan fingerprint density at radius 2 is 2.07 bits per heavy atom. The van der Waals surface area contributed by atoms with Crippen LogP contribution in [0.25, 0.3) is 0 Å². The normalized spacial score (nSPS) is 32.9. The number of rotatable bonds is 1. The zero-order chi connectivity index (χ0) is 9.97. The van der Waals surface area contributed by atoms with E-state index in [0.29, 0.717) is 5.92 Å². The van der Waals surface area contributed by atoms with E-state index in [1.165, 1.54) is 25.0 Å². The van der Waals surface area contributed by atoms with Crippen LogP contribution in [0.3, 0.4) is 0 Å². The number of nitrogens with zero attached hydrogens (tertiary/aromatic N) is 1. The van der Waals surface area contributed by atoms with Crippen LogP contribution >= 0.6 is 0 Å². The first-order valence-corrected chi connectivity index (χ1v) is 5.68. The van der Waals surface area contributed by atoms with Gasteiger partial charge in [-0.15, -0.1) is 0 Å². The van der Waals surface area contributed by atoms with Crippen molar-refractivity contribution in [1.82, 2.24) is 4.98 Å². The third kappa shape index (κ3) is 1.97. The molecule has 1 nitrogen and oxygen atoms in total. The fraction of sp³-hybridized carbons (Fsp3) is 0.615. The lowest BCUT2D eigenvalue weighted by Gasteiger charge is -2.32. The summed E-state index contributed by atoms with van der Waals surface area (Å²) in [6.07, 6.45) is 5.99. The number of aromatic nitrogens is 1. The Kier molecular flexibility index (Phi) is 2.85. The maximum absolute atomic E-state index is 4.49. The van der Waals surface area contributed by atoms with E-state index in [0.717, 1.165) is 11.8 Å². The van der Waals surface area contributed by atoms with Crippen LogP contribution in [0, 0.1) is 11.8 Å². The summed E-state index contributed by atoms with van der Waals surface area (Å²) < 4.78 is 0. The SMILES string of the molecule is CC1CCC(C)C(c2ccccn2)C1. The molecule has 1 saturated carbocycles. The second-order valence-electron chi connectivity index (χ2n) is 4.76. The molecule has 1 aromatic heterocycles. The van der Waals surface area contributed by atoms with E-state index in [2.05, 4.69) is 31.0 Å². The highest BCUT2D eigenvalue weighted by Gasteiger charge is 2.27. The van der Waals surface area contributed by atoms with Gasteiger partial charge in [-0.05, 0) is 36.8 Å². The Morgan fingerprint density at radius 1 is 1.21 bits per heavy atom. The third-order valence-electron chi connectivity index (χ3n) is 3.53. The first-order chi connectivity index (χ1) is 6.77. The van der Waals surface area contributed by atoms with Crippen molar-refractivity contribution in [3.05, 3.63) is 30.1 Å². The van der Waals surface area contributed by atoms with Gasteiger partial charge in [0.05, 0.1) is 0 Å². The highest BCUT2D eigenvalue weighted by atomic mass is 14.7. The van der Waals surface area contributed by atoms with Gasteiger partial charge in [0.2, 0.25) is 0 Å².